The number of benzene rings is 1. The zero-order chi connectivity index (χ0) is 26.8. The number of nitrogen functional groups attached to an aromatic ring is 1. The minimum Gasteiger partial charge on any atom is -0.733 e. The molecule has 0 saturated carbocycles. The molecule has 2 fully saturated rings. The molecule has 3 aromatic rings. The molecule has 0 aliphatic carbocycles. The van der Waals surface area contributed by atoms with E-state index in [4.69, 9.17) is 39.1 Å². The Balaban J connectivity index is 1.34. The molecule has 5 rings (SSSR count). The molecule has 38 heavy (non-hydrogen) atoms. The smallest absolute Gasteiger partial charge is 0.241 e. The first-order chi connectivity index (χ1) is 18.3. The van der Waals surface area contributed by atoms with E-state index in [9.17, 15) is 10.0 Å². The molecule has 1 unspecified atom stereocenters. The number of nitrogens with one attached hydrogen (secondary N) is 2. The summed E-state index contributed by atoms with van der Waals surface area (Å²) in [6.45, 7) is 2.92. The van der Waals surface area contributed by atoms with Crippen molar-refractivity contribution >= 4 is 57.9 Å². The second-order valence-electron chi connectivity index (χ2n) is 9.19. The molecular weight excluding hydrogens is 531 g/mol. The number of anilines is 5. The van der Waals surface area contributed by atoms with Crippen molar-refractivity contribution < 1.29 is 10.0 Å². The van der Waals surface area contributed by atoms with Gasteiger partial charge in [0.1, 0.15) is 11.6 Å². The fourth-order valence-electron chi connectivity index (χ4n) is 4.87. The van der Waals surface area contributed by atoms with Crippen LogP contribution in [0.1, 0.15) is 12.8 Å². The summed E-state index contributed by atoms with van der Waals surface area (Å²) < 4.78 is 0. The first-order valence-electron chi connectivity index (χ1n) is 12.2. The quantitative estimate of drug-likeness (QED) is 0.236. The minimum atomic E-state index is -0.325. The van der Waals surface area contributed by atoms with Crippen LogP contribution in [-0.2, 0) is 4.79 Å². The number of fused-ring (bicyclic) bond motifs is 1. The minimum absolute atomic E-state index is 0.0419. The van der Waals surface area contributed by atoms with Crippen molar-refractivity contribution in [2.75, 3.05) is 59.2 Å². The second kappa shape index (κ2) is 11.2. The fraction of sp³-hybridized carbons (Fsp3) is 0.320. The summed E-state index contributed by atoms with van der Waals surface area (Å²) in [6, 6.07) is 12.2. The van der Waals surface area contributed by atoms with Crippen molar-refractivity contribution in [3.63, 3.8) is 0 Å². The van der Waals surface area contributed by atoms with Gasteiger partial charge >= 0.3 is 0 Å². The number of rotatable bonds is 8. The van der Waals surface area contributed by atoms with Crippen molar-refractivity contribution in [1.82, 2.24) is 14.9 Å². The van der Waals surface area contributed by atoms with Gasteiger partial charge in [0.15, 0.2) is 5.82 Å². The predicted octanol–water partition coefficient (Wildman–Crippen LogP) is 4.06. The first-order valence-corrected chi connectivity index (χ1v) is 13.0. The lowest BCUT2D eigenvalue weighted by atomic mass is 10.1. The van der Waals surface area contributed by atoms with E-state index >= 15 is 0 Å². The molecule has 2 aliphatic heterocycles. The zero-order valence-corrected chi connectivity index (χ0v) is 21.9. The molecule has 1 amide bonds. The highest BCUT2D eigenvalue weighted by atomic mass is 35.5. The largest absolute Gasteiger partial charge is 0.733 e. The summed E-state index contributed by atoms with van der Waals surface area (Å²) >= 11 is 12.7. The summed E-state index contributed by atoms with van der Waals surface area (Å²) in [7, 11) is 0. The summed E-state index contributed by atoms with van der Waals surface area (Å²) in [5, 5.41) is 27.0. The Morgan fingerprint density at radius 3 is 2.55 bits per heavy atom. The average molecular weight is 558 g/mol. The van der Waals surface area contributed by atoms with Crippen LogP contribution in [0.25, 0.3) is 11.3 Å². The van der Waals surface area contributed by atoms with Gasteiger partial charge in [0.2, 0.25) is 5.91 Å². The summed E-state index contributed by atoms with van der Waals surface area (Å²) in [5.41, 5.74) is 7.57. The Morgan fingerprint density at radius 1 is 1.11 bits per heavy atom. The van der Waals surface area contributed by atoms with Crippen LogP contribution in [-0.4, -0.2) is 64.7 Å². The van der Waals surface area contributed by atoms with Gasteiger partial charge in [-0.1, -0.05) is 23.2 Å². The molecule has 0 spiro atoms. The molecule has 4 heterocycles. The van der Waals surface area contributed by atoms with E-state index in [-0.39, 0.29) is 22.6 Å². The molecule has 2 aliphatic rings. The van der Waals surface area contributed by atoms with Crippen LogP contribution < -0.4 is 26.5 Å². The van der Waals surface area contributed by atoms with Gasteiger partial charge in [-0.2, -0.15) is 0 Å². The van der Waals surface area contributed by atoms with Crippen LogP contribution >= 0.6 is 23.2 Å². The van der Waals surface area contributed by atoms with E-state index in [0.29, 0.717) is 70.8 Å². The SMILES string of the molecule is Nc1nc(NCCNc2ccc(N3CC4CCCN4CC3=O)c(-c3ccc(Cl)cc3Cl)n2)ccc1N([O-])O. The Kier molecular flexibility index (Phi) is 7.73. The summed E-state index contributed by atoms with van der Waals surface area (Å²) in [6.07, 6.45) is 2.17. The molecule has 2 aromatic heterocycles. The monoisotopic (exact) mass is 557 g/mol. The second-order valence-corrected chi connectivity index (χ2v) is 10.0. The Hall–Kier alpha value is -3.35. The van der Waals surface area contributed by atoms with Crippen LogP contribution in [0.4, 0.5) is 28.8 Å². The van der Waals surface area contributed by atoms with Gasteiger partial charge in [-0.25, -0.2) is 9.97 Å². The highest BCUT2D eigenvalue weighted by Crippen LogP contribution is 2.38. The maximum absolute atomic E-state index is 13.1. The van der Waals surface area contributed by atoms with Gasteiger partial charge < -0.3 is 31.7 Å². The number of piperazine rings is 1. The molecular formula is C25H27Cl2N8O3-. The van der Waals surface area contributed by atoms with Crippen molar-refractivity contribution in [3.05, 3.63) is 57.7 Å². The molecule has 200 valence electrons. The number of nitrogens with zero attached hydrogens (tertiary/aromatic N) is 5. The van der Waals surface area contributed by atoms with Crippen LogP contribution in [0.3, 0.4) is 0 Å². The number of hydrogen-bond acceptors (Lipinski definition) is 10. The number of aromatic nitrogens is 2. The van der Waals surface area contributed by atoms with Crippen molar-refractivity contribution in [2.24, 2.45) is 0 Å². The Labute approximate surface area is 229 Å². The molecule has 0 radical (unpaired) electrons. The Bertz CT molecular complexity index is 1340. The molecule has 11 nitrogen and oxygen atoms in total. The van der Waals surface area contributed by atoms with Crippen molar-refractivity contribution in [3.8, 4) is 11.3 Å². The number of carbonyl (C=O) groups is 1. The maximum Gasteiger partial charge on any atom is 0.241 e. The van der Waals surface area contributed by atoms with Gasteiger partial charge in [0.25, 0.3) is 0 Å². The highest BCUT2D eigenvalue weighted by Gasteiger charge is 2.36. The van der Waals surface area contributed by atoms with Crippen LogP contribution in [0.2, 0.25) is 10.0 Å². The third-order valence-electron chi connectivity index (χ3n) is 6.73. The molecule has 0 bridgehead atoms. The van der Waals surface area contributed by atoms with Gasteiger partial charge in [-0.15, -0.1) is 0 Å². The molecule has 13 heteroatoms. The van der Waals surface area contributed by atoms with E-state index in [0.717, 1.165) is 19.4 Å². The standard InChI is InChI=1S/C25H27Cl2N8O3/c26-15-3-4-17(18(27)12-15)24-19(34-13-16-2-1-11-33(16)14-23(34)36)5-7-21(31-24)29-9-10-30-22-8-6-20(35(37)38)25(28)32-22/h3-8,12,16,37H,1-2,9-11,13-14H2,(H,29,31)(H3,28,30,32)/q-1. The topological polar surface area (TPSA) is 146 Å². The van der Waals surface area contributed by atoms with Crippen molar-refractivity contribution in [2.45, 2.75) is 18.9 Å². The summed E-state index contributed by atoms with van der Waals surface area (Å²) in [4.78, 5) is 26.1. The Morgan fingerprint density at radius 2 is 1.84 bits per heavy atom. The lowest BCUT2D eigenvalue weighted by molar-refractivity contribution is -0.121. The van der Waals surface area contributed by atoms with E-state index in [1.165, 1.54) is 6.07 Å². The van der Waals surface area contributed by atoms with Gasteiger partial charge in [-0.3, -0.25) is 14.9 Å². The van der Waals surface area contributed by atoms with E-state index < -0.39 is 0 Å². The molecule has 5 N–H and O–H groups in total. The predicted molar refractivity (Wildman–Crippen MR) is 150 cm³/mol. The van der Waals surface area contributed by atoms with Crippen LogP contribution in [0.5, 0.6) is 0 Å². The van der Waals surface area contributed by atoms with E-state index in [1.54, 1.807) is 18.2 Å². The number of carbonyl (C=O) groups excluding carboxylic acids is 1. The van der Waals surface area contributed by atoms with E-state index in [1.807, 2.05) is 23.1 Å². The van der Waals surface area contributed by atoms with Gasteiger partial charge in [0.05, 0.1) is 28.6 Å². The van der Waals surface area contributed by atoms with Gasteiger partial charge in [0, 0.05) is 36.3 Å². The number of amides is 1. The molecule has 1 aromatic carbocycles. The lowest BCUT2D eigenvalue weighted by Crippen LogP contribution is -2.53. The van der Waals surface area contributed by atoms with Crippen LogP contribution in [0, 0.1) is 5.21 Å². The number of pyridine rings is 2. The maximum atomic E-state index is 13.1. The lowest BCUT2D eigenvalue weighted by Gasteiger charge is -2.37. The fourth-order valence-corrected chi connectivity index (χ4v) is 5.37. The number of halogens is 2. The van der Waals surface area contributed by atoms with Gasteiger partial charge in [-0.05, 0) is 61.9 Å². The molecule has 2 saturated heterocycles. The molecule has 1 atom stereocenters. The average Bonchev–Trinajstić information content (AvgIpc) is 3.33. The highest BCUT2D eigenvalue weighted by molar-refractivity contribution is 6.36. The third kappa shape index (κ3) is 5.57. The zero-order valence-electron chi connectivity index (χ0n) is 20.4. The number of nitrogens with two attached hydrogens (primary N) is 1. The van der Waals surface area contributed by atoms with E-state index in [2.05, 4.69) is 20.5 Å². The number of hydrogen-bond donors (Lipinski definition) is 4. The third-order valence-corrected chi connectivity index (χ3v) is 7.28. The van der Waals surface area contributed by atoms with Crippen molar-refractivity contribution in [1.29, 1.82) is 0 Å². The first kappa shape index (κ1) is 26.3. The normalized spacial score (nSPS) is 17.4. The van der Waals surface area contributed by atoms with Crippen LogP contribution in [0.15, 0.2) is 42.5 Å². The summed E-state index contributed by atoms with van der Waals surface area (Å²) in [5.74, 6) is 1.01.